The van der Waals surface area contributed by atoms with E-state index >= 15 is 0 Å². The molecule has 17 heavy (non-hydrogen) atoms. The number of thiazole rings is 1. The third-order valence-electron chi connectivity index (χ3n) is 2.24. The molecule has 0 aliphatic carbocycles. The quantitative estimate of drug-likeness (QED) is 0.753. The molecule has 2 heterocycles. The molecule has 0 amide bonds. The minimum Gasteiger partial charge on any atom is -0.481 e. The number of nitrogens with zero attached hydrogens (tertiary/aromatic N) is 2. The fraction of sp³-hybridized carbons (Fsp3) is 0.300. The molecule has 0 fully saturated rings. The molecular weight excluding hydrogens is 240 g/mol. The second-order valence-electron chi connectivity index (χ2n) is 3.61. The van der Waals surface area contributed by atoms with E-state index in [0.717, 1.165) is 10.7 Å². The second-order valence-corrected chi connectivity index (χ2v) is 4.47. The molecule has 0 aliphatic heterocycles. The molecule has 7 heteroatoms. The number of nitrogens with one attached hydrogen (secondary N) is 2. The van der Waals surface area contributed by atoms with E-state index in [1.807, 2.05) is 13.1 Å². The fourth-order valence-corrected chi connectivity index (χ4v) is 2.17. The molecule has 0 aromatic carbocycles. The van der Waals surface area contributed by atoms with E-state index in [9.17, 15) is 4.79 Å². The summed E-state index contributed by atoms with van der Waals surface area (Å²) in [6.45, 7) is 1.99. The Kier molecular flexibility index (Phi) is 3.38. The fourth-order valence-electron chi connectivity index (χ4n) is 1.38. The summed E-state index contributed by atoms with van der Waals surface area (Å²) in [6.07, 6.45) is 3.51. The number of aromatic nitrogens is 3. The van der Waals surface area contributed by atoms with E-state index in [1.54, 1.807) is 11.6 Å². The smallest absolute Gasteiger partial charge is 0.309 e. The highest BCUT2D eigenvalue weighted by Crippen LogP contribution is 2.21. The largest absolute Gasteiger partial charge is 0.481 e. The van der Waals surface area contributed by atoms with Crippen molar-refractivity contribution >= 4 is 22.4 Å². The van der Waals surface area contributed by atoms with Crippen LogP contribution in [0.4, 0.5) is 5.13 Å². The zero-order valence-electron chi connectivity index (χ0n) is 9.17. The van der Waals surface area contributed by atoms with Crippen molar-refractivity contribution in [1.82, 2.24) is 15.2 Å². The maximum Gasteiger partial charge on any atom is 0.309 e. The Bertz CT molecular complexity index is 494. The third kappa shape index (κ3) is 3.04. The lowest BCUT2D eigenvalue weighted by atomic mass is 10.2. The second kappa shape index (κ2) is 4.96. The number of aliphatic carboxylic acids is 1. The lowest BCUT2D eigenvalue weighted by Gasteiger charge is -2.09. The average Bonchev–Trinajstić information content (AvgIpc) is 2.87. The third-order valence-corrected chi connectivity index (χ3v) is 3.07. The van der Waals surface area contributed by atoms with Crippen LogP contribution in [0.3, 0.4) is 0 Å². The van der Waals surface area contributed by atoms with Gasteiger partial charge in [0.25, 0.3) is 0 Å². The first-order valence-corrected chi connectivity index (χ1v) is 5.94. The van der Waals surface area contributed by atoms with Crippen molar-refractivity contribution in [3.05, 3.63) is 29.0 Å². The molecule has 0 radical (unpaired) electrons. The van der Waals surface area contributed by atoms with Crippen LogP contribution in [0, 0.1) is 0 Å². The number of aromatic amines is 1. The van der Waals surface area contributed by atoms with Crippen LogP contribution in [0.5, 0.6) is 0 Å². The zero-order valence-corrected chi connectivity index (χ0v) is 9.99. The molecule has 0 saturated heterocycles. The Morgan fingerprint density at radius 1 is 1.71 bits per heavy atom. The molecule has 90 valence electrons. The van der Waals surface area contributed by atoms with Crippen molar-refractivity contribution in [2.75, 3.05) is 5.32 Å². The Labute approximate surface area is 102 Å². The normalized spacial score (nSPS) is 12.3. The van der Waals surface area contributed by atoms with Crippen LogP contribution in [0.25, 0.3) is 0 Å². The van der Waals surface area contributed by atoms with E-state index in [2.05, 4.69) is 20.5 Å². The molecule has 0 aliphatic rings. The Hall–Kier alpha value is -1.89. The topological polar surface area (TPSA) is 90.9 Å². The van der Waals surface area contributed by atoms with E-state index in [0.29, 0.717) is 5.69 Å². The van der Waals surface area contributed by atoms with Crippen LogP contribution in [0.1, 0.15) is 24.2 Å². The monoisotopic (exact) mass is 252 g/mol. The Balaban J connectivity index is 1.99. The number of carboxylic acid groups (broad SMARTS) is 1. The van der Waals surface area contributed by atoms with Crippen LogP contribution >= 0.6 is 11.3 Å². The van der Waals surface area contributed by atoms with Crippen molar-refractivity contribution < 1.29 is 9.90 Å². The summed E-state index contributed by atoms with van der Waals surface area (Å²) < 4.78 is 0. The number of rotatable bonds is 5. The SMILES string of the molecule is CC(Nc1nc(CC(=O)O)cs1)c1cn[nH]c1. The molecule has 0 saturated carbocycles. The molecule has 0 spiro atoms. The van der Waals surface area contributed by atoms with Gasteiger partial charge in [-0.15, -0.1) is 11.3 Å². The van der Waals surface area contributed by atoms with Gasteiger partial charge in [0.05, 0.1) is 24.4 Å². The van der Waals surface area contributed by atoms with Crippen molar-refractivity contribution in [2.24, 2.45) is 0 Å². The van der Waals surface area contributed by atoms with Gasteiger partial charge in [-0.25, -0.2) is 4.98 Å². The maximum atomic E-state index is 10.5. The Morgan fingerprint density at radius 2 is 2.53 bits per heavy atom. The van der Waals surface area contributed by atoms with Gasteiger partial charge in [-0.3, -0.25) is 9.89 Å². The Morgan fingerprint density at radius 3 is 3.18 bits per heavy atom. The molecule has 6 nitrogen and oxygen atoms in total. The van der Waals surface area contributed by atoms with Crippen LogP contribution < -0.4 is 5.32 Å². The molecule has 2 aromatic heterocycles. The predicted molar refractivity (Wildman–Crippen MR) is 64.1 cm³/mol. The van der Waals surface area contributed by atoms with Gasteiger partial charge in [-0.1, -0.05) is 0 Å². The van der Waals surface area contributed by atoms with Gasteiger partial charge in [-0.05, 0) is 6.92 Å². The average molecular weight is 252 g/mol. The summed E-state index contributed by atoms with van der Waals surface area (Å²) in [5.41, 5.74) is 1.60. The standard InChI is InChI=1S/C10H12N4O2S/c1-6(7-3-11-12-4-7)13-10-14-8(5-17-10)2-9(15)16/h3-6H,2H2,1H3,(H,11,12)(H,13,14)(H,15,16). The van der Waals surface area contributed by atoms with Gasteiger partial charge in [0.1, 0.15) is 0 Å². The van der Waals surface area contributed by atoms with Crippen LogP contribution in [0.2, 0.25) is 0 Å². The van der Waals surface area contributed by atoms with Crippen molar-refractivity contribution in [1.29, 1.82) is 0 Å². The predicted octanol–water partition coefficient (Wildman–Crippen LogP) is 1.67. The molecule has 2 rings (SSSR count). The van der Waals surface area contributed by atoms with Crippen LogP contribution in [0.15, 0.2) is 17.8 Å². The molecule has 1 unspecified atom stereocenters. The van der Waals surface area contributed by atoms with Crippen molar-refractivity contribution in [3.8, 4) is 0 Å². The summed E-state index contributed by atoms with van der Waals surface area (Å²) in [5.74, 6) is -0.871. The van der Waals surface area contributed by atoms with Crippen LogP contribution in [-0.2, 0) is 11.2 Å². The minimum absolute atomic E-state index is 0.0434. The summed E-state index contributed by atoms with van der Waals surface area (Å²) in [6, 6.07) is 0.0811. The highest BCUT2D eigenvalue weighted by molar-refractivity contribution is 7.13. The lowest BCUT2D eigenvalue weighted by molar-refractivity contribution is -0.136. The molecule has 1 atom stereocenters. The maximum absolute atomic E-state index is 10.5. The molecule has 0 bridgehead atoms. The lowest BCUT2D eigenvalue weighted by Crippen LogP contribution is -2.06. The van der Waals surface area contributed by atoms with E-state index in [4.69, 9.17) is 5.11 Å². The molecular formula is C10H12N4O2S. The zero-order chi connectivity index (χ0) is 12.3. The van der Waals surface area contributed by atoms with E-state index in [1.165, 1.54) is 11.3 Å². The highest BCUT2D eigenvalue weighted by atomic mass is 32.1. The van der Waals surface area contributed by atoms with E-state index < -0.39 is 5.97 Å². The summed E-state index contributed by atoms with van der Waals surface area (Å²) in [5, 5.41) is 20.9. The van der Waals surface area contributed by atoms with Crippen molar-refractivity contribution in [3.63, 3.8) is 0 Å². The van der Waals surface area contributed by atoms with E-state index in [-0.39, 0.29) is 12.5 Å². The summed E-state index contributed by atoms with van der Waals surface area (Å²) in [7, 11) is 0. The van der Waals surface area contributed by atoms with Gasteiger partial charge in [0.15, 0.2) is 5.13 Å². The number of carbonyl (C=O) groups is 1. The molecule has 2 aromatic rings. The number of H-pyrrole nitrogens is 1. The first-order valence-electron chi connectivity index (χ1n) is 5.06. The van der Waals surface area contributed by atoms with Crippen molar-refractivity contribution in [2.45, 2.75) is 19.4 Å². The summed E-state index contributed by atoms with van der Waals surface area (Å²) in [4.78, 5) is 14.7. The number of hydrogen-bond acceptors (Lipinski definition) is 5. The van der Waals surface area contributed by atoms with Gasteiger partial charge in [-0.2, -0.15) is 5.10 Å². The van der Waals surface area contributed by atoms with Gasteiger partial charge in [0, 0.05) is 17.1 Å². The highest BCUT2D eigenvalue weighted by Gasteiger charge is 2.10. The van der Waals surface area contributed by atoms with Gasteiger partial charge in [0.2, 0.25) is 0 Å². The number of anilines is 1. The van der Waals surface area contributed by atoms with Gasteiger partial charge < -0.3 is 10.4 Å². The van der Waals surface area contributed by atoms with Crippen LogP contribution in [-0.4, -0.2) is 26.3 Å². The first-order chi connectivity index (χ1) is 8.15. The number of carboxylic acids is 1. The minimum atomic E-state index is -0.871. The summed E-state index contributed by atoms with van der Waals surface area (Å²) >= 11 is 1.40. The van der Waals surface area contributed by atoms with Gasteiger partial charge >= 0.3 is 5.97 Å². The first kappa shape index (κ1) is 11.6. The number of hydrogen-bond donors (Lipinski definition) is 3. The molecule has 3 N–H and O–H groups in total.